The van der Waals surface area contributed by atoms with Crippen LogP contribution < -0.4 is 4.74 Å². The molecule has 0 radical (unpaired) electrons. The zero-order valence-corrected chi connectivity index (χ0v) is 11.9. The molecule has 106 valence electrons. The zero-order valence-electron chi connectivity index (χ0n) is 11.2. The largest absolute Gasteiger partial charge is 0.476 e. The van der Waals surface area contributed by atoms with Crippen LogP contribution in [-0.2, 0) is 5.54 Å². The molecule has 0 atom stereocenters. The number of hydrogen-bond donors (Lipinski definition) is 1. The number of hydrogen-bond acceptors (Lipinski definition) is 5. The summed E-state index contributed by atoms with van der Waals surface area (Å²) in [6.45, 7) is 5.45. The van der Waals surface area contributed by atoms with Crippen LogP contribution in [0.4, 0.5) is 0 Å². The van der Waals surface area contributed by atoms with Gasteiger partial charge in [-0.2, -0.15) is 0 Å². The fourth-order valence-corrected chi connectivity index (χ4v) is 1.69. The number of aromatic carboxylic acids is 1. The van der Waals surface area contributed by atoms with Crippen molar-refractivity contribution >= 4 is 17.6 Å². The average molecular weight is 297 g/mol. The van der Waals surface area contributed by atoms with E-state index in [9.17, 15) is 9.90 Å². The first-order valence-electron chi connectivity index (χ1n) is 5.79. The molecule has 0 aliphatic rings. The molecule has 0 bridgehead atoms. The number of carbonyl (C=O) groups is 1. The van der Waals surface area contributed by atoms with Crippen molar-refractivity contribution in [2.24, 2.45) is 0 Å². The maximum atomic E-state index is 11.4. The van der Waals surface area contributed by atoms with Crippen LogP contribution in [0.2, 0.25) is 5.15 Å². The van der Waals surface area contributed by atoms with Gasteiger partial charge in [0.25, 0.3) is 5.88 Å². The Morgan fingerprint density at radius 2 is 2.10 bits per heavy atom. The minimum atomic E-state index is -1.18. The second kappa shape index (κ2) is 5.09. The summed E-state index contributed by atoms with van der Waals surface area (Å²) in [7, 11) is 0. The fourth-order valence-electron chi connectivity index (χ4n) is 1.53. The van der Waals surface area contributed by atoms with Gasteiger partial charge in [-0.15, -0.1) is 0 Å². The smallest absolute Gasteiger partial charge is 0.359 e. The Bertz CT molecular complexity index is 648. The van der Waals surface area contributed by atoms with Gasteiger partial charge in [0, 0.05) is 6.07 Å². The third-order valence-corrected chi connectivity index (χ3v) is 2.58. The molecule has 0 aliphatic heterocycles. The van der Waals surface area contributed by atoms with Crippen molar-refractivity contribution in [1.82, 2.24) is 20.0 Å². The second-order valence-corrected chi connectivity index (χ2v) is 5.42. The monoisotopic (exact) mass is 296 g/mol. The molecule has 0 spiro atoms. The van der Waals surface area contributed by atoms with E-state index in [4.69, 9.17) is 16.3 Å². The number of nitrogens with zero attached hydrogens (tertiary/aromatic N) is 4. The van der Waals surface area contributed by atoms with Gasteiger partial charge in [-0.25, -0.2) is 14.5 Å². The summed E-state index contributed by atoms with van der Waals surface area (Å²) in [6, 6.07) is 4.77. The molecule has 8 heteroatoms. The third kappa shape index (κ3) is 2.88. The highest BCUT2D eigenvalue weighted by Crippen LogP contribution is 2.26. The summed E-state index contributed by atoms with van der Waals surface area (Å²) in [5.74, 6) is -1.15. The van der Waals surface area contributed by atoms with Gasteiger partial charge < -0.3 is 9.84 Å². The van der Waals surface area contributed by atoms with Gasteiger partial charge in [-0.3, -0.25) is 0 Å². The van der Waals surface area contributed by atoms with E-state index in [1.807, 2.05) is 20.8 Å². The van der Waals surface area contributed by atoms with Crippen molar-refractivity contribution in [3.05, 3.63) is 29.0 Å². The van der Waals surface area contributed by atoms with Crippen molar-refractivity contribution in [2.45, 2.75) is 26.3 Å². The molecule has 0 fully saturated rings. The minimum Gasteiger partial charge on any atom is -0.476 e. The molecule has 7 nitrogen and oxygen atoms in total. The summed E-state index contributed by atoms with van der Waals surface area (Å²) < 4.78 is 6.64. The zero-order chi connectivity index (χ0) is 14.9. The van der Waals surface area contributed by atoms with E-state index in [2.05, 4.69) is 15.3 Å². The molecule has 0 aromatic carbocycles. The Labute approximate surface area is 120 Å². The molecule has 2 heterocycles. The predicted molar refractivity (Wildman–Crippen MR) is 71.3 cm³/mol. The van der Waals surface area contributed by atoms with E-state index in [0.29, 0.717) is 0 Å². The maximum absolute atomic E-state index is 11.4. The molecule has 0 saturated carbocycles. The van der Waals surface area contributed by atoms with Crippen LogP contribution in [0.5, 0.6) is 11.8 Å². The number of carboxylic acids is 1. The van der Waals surface area contributed by atoms with Gasteiger partial charge in [0.1, 0.15) is 5.15 Å². The molecule has 0 unspecified atom stereocenters. The Morgan fingerprint density at radius 3 is 2.65 bits per heavy atom. The number of carboxylic acid groups (broad SMARTS) is 1. The SMILES string of the molecule is CC(C)(C)n1nnc(Oc2cccc(Cl)n2)c1C(=O)O. The van der Waals surface area contributed by atoms with Gasteiger partial charge in [-0.1, -0.05) is 28.0 Å². The molecule has 2 aromatic heterocycles. The standard InChI is InChI=1S/C12H13ClN4O3/c1-12(2,3)17-9(11(18)19)10(15-16-17)20-8-6-4-5-7(13)14-8/h4-6H,1-3H3,(H,18,19). The lowest BCUT2D eigenvalue weighted by Gasteiger charge is -2.19. The maximum Gasteiger partial charge on any atom is 0.359 e. The Morgan fingerprint density at radius 1 is 1.40 bits per heavy atom. The van der Waals surface area contributed by atoms with Crippen LogP contribution in [0.1, 0.15) is 31.3 Å². The van der Waals surface area contributed by atoms with Crippen molar-refractivity contribution in [1.29, 1.82) is 0 Å². The number of halogens is 1. The summed E-state index contributed by atoms with van der Waals surface area (Å²) in [4.78, 5) is 15.3. The first kappa shape index (κ1) is 14.3. The summed E-state index contributed by atoms with van der Waals surface area (Å²) in [5, 5.41) is 17.1. The lowest BCUT2D eigenvalue weighted by molar-refractivity contribution is 0.0671. The average Bonchev–Trinajstić information content (AvgIpc) is 2.72. The van der Waals surface area contributed by atoms with E-state index in [0.717, 1.165) is 0 Å². The first-order valence-corrected chi connectivity index (χ1v) is 6.16. The lowest BCUT2D eigenvalue weighted by Crippen LogP contribution is -2.27. The third-order valence-electron chi connectivity index (χ3n) is 2.37. The van der Waals surface area contributed by atoms with Gasteiger partial charge in [0.15, 0.2) is 0 Å². The van der Waals surface area contributed by atoms with Crippen LogP contribution in [0, 0.1) is 0 Å². The summed E-state index contributed by atoms with van der Waals surface area (Å²) in [5.41, 5.74) is -0.677. The van der Waals surface area contributed by atoms with Crippen molar-refractivity contribution in [2.75, 3.05) is 0 Å². The van der Waals surface area contributed by atoms with E-state index in [1.165, 1.54) is 4.68 Å². The van der Waals surface area contributed by atoms with Crippen LogP contribution in [0.25, 0.3) is 0 Å². The van der Waals surface area contributed by atoms with E-state index >= 15 is 0 Å². The number of aromatic nitrogens is 4. The molecule has 0 amide bonds. The molecule has 0 saturated heterocycles. The number of rotatable bonds is 3. The van der Waals surface area contributed by atoms with Crippen LogP contribution in [0.3, 0.4) is 0 Å². The van der Waals surface area contributed by atoms with Gasteiger partial charge in [0.05, 0.1) is 5.54 Å². The van der Waals surface area contributed by atoms with Crippen LogP contribution >= 0.6 is 11.6 Å². The van der Waals surface area contributed by atoms with E-state index in [1.54, 1.807) is 18.2 Å². The summed E-state index contributed by atoms with van der Waals surface area (Å²) >= 11 is 5.74. The second-order valence-electron chi connectivity index (χ2n) is 5.03. The number of ether oxygens (including phenoxy) is 1. The molecule has 2 rings (SSSR count). The Hall–Kier alpha value is -2.15. The minimum absolute atomic E-state index is 0.123. The molecular weight excluding hydrogens is 284 g/mol. The molecule has 20 heavy (non-hydrogen) atoms. The number of pyridine rings is 1. The highest BCUT2D eigenvalue weighted by Gasteiger charge is 2.28. The molecular formula is C12H13ClN4O3. The fraction of sp³-hybridized carbons (Fsp3) is 0.333. The quantitative estimate of drug-likeness (QED) is 0.875. The van der Waals surface area contributed by atoms with Crippen molar-refractivity contribution in [3.63, 3.8) is 0 Å². The van der Waals surface area contributed by atoms with E-state index in [-0.39, 0.29) is 22.6 Å². The lowest BCUT2D eigenvalue weighted by atomic mass is 10.1. The Kier molecular flexibility index (Phi) is 3.63. The molecule has 1 N–H and O–H groups in total. The molecule has 2 aromatic rings. The topological polar surface area (TPSA) is 90.1 Å². The van der Waals surface area contributed by atoms with Gasteiger partial charge in [-0.05, 0) is 26.8 Å². The normalized spacial score (nSPS) is 11.4. The highest BCUT2D eigenvalue weighted by molar-refractivity contribution is 6.29. The van der Waals surface area contributed by atoms with E-state index < -0.39 is 11.5 Å². The van der Waals surface area contributed by atoms with Gasteiger partial charge in [0.2, 0.25) is 11.6 Å². The Balaban J connectivity index is 2.43. The van der Waals surface area contributed by atoms with Crippen LogP contribution in [0.15, 0.2) is 18.2 Å². The van der Waals surface area contributed by atoms with Gasteiger partial charge >= 0.3 is 5.97 Å². The predicted octanol–water partition coefficient (Wildman–Crippen LogP) is 2.57. The van der Waals surface area contributed by atoms with Crippen molar-refractivity contribution in [3.8, 4) is 11.8 Å². The van der Waals surface area contributed by atoms with Crippen molar-refractivity contribution < 1.29 is 14.6 Å². The highest BCUT2D eigenvalue weighted by atomic mass is 35.5. The molecule has 0 aliphatic carbocycles. The first-order chi connectivity index (χ1) is 9.29. The summed E-state index contributed by atoms with van der Waals surface area (Å²) in [6.07, 6.45) is 0. The van der Waals surface area contributed by atoms with Crippen LogP contribution in [-0.4, -0.2) is 31.1 Å².